The van der Waals surface area contributed by atoms with Crippen LogP contribution in [0.15, 0.2) is 98.6 Å². The normalized spacial score (nSPS) is 12.3. The van der Waals surface area contributed by atoms with Gasteiger partial charge in [-0.3, -0.25) is 4.57 Å². The van der Waals surface area contributed by atoms with Crippen molar-refractivity contribution in [3.8, 4) is 16.9 Å². The van der Waals surface area contributed by atoms with Gasteiger partial charge in [0.1, 0.15) is 0 Å². The van der Waals surface area contributed by atoms with E-state index in [1.807, 2.05) is 42.5 Å². The second kappa shape index (κ2) is 8.08. The zero-order chi connectivity index (χ0) is 20.4. The first kappa shape index (κ1) is 19.8. The second-order valence-electron chi connectivity index (χ2n) is 6.23. The van der Waals surface area contributed by atoms with Gasteiger partial charge >= 0.3 is 0 Å². The lowest BCUT2D eigenvalue weighted by Gasteiger charge is -2.09. The minimum atomic E-state index is -3.73. The molecule has 1 aromatic heterocycles. The number of rotatable bonds is 4. The molecule has 3 aromatic carbocycles. The maximum absolute atomic E-state index is 11.5. The van der Waals surface area contributed by atoms with E-state index < -0.39 is 10.0 Å². The molecule has 146 valence electrons. The Balaban J connectivity index is 1.88. The third kappa shape index (κ3) is 4.40. The first-order valence-corrected chi connectivity index (χ1v) is 11.8. The Bertz CT molecular complexity index is 1310. The minimum absolute atomic E-state index is 0.0640. The number of sulfonamides is 1. The SMILES string of the molecule is NS(=O)(=O)c1ccc(N=c2scc(-c3ccc(Br)cc3)n2-c2ccccc2)cc1. The number of hydrogen-bond donors (Lipinski definition) is 1. The van der Waals surface area contributed by atoms with E-state index in [1.54, 1.807) is 12.1 Å². The second-order valence-corrected chi connectivity index (χ2v) is 9.55. The molecule has 0 spiro atoms. The molecule has 4 rings (SSSR count). The smallest absolute Gasteiger partial charge is 0.238 e. The lowest BCUT2D eigenvalue weighted by Crippen LogP contribution is -2.13. The Morgan fingerprint density at radius 3 is 2.17 bits per heavy atom. The standard InChI is InChI=1S/C21H16BrN3O2S2/c22-16-8-6-15(7-9-16)20-14-28-21(25(20)18-4-2-1-3-5-18)24-17-10-12-19(13-11-17)29(23,26)27/h1-14H,(H2,23,26,27). The van der Waals surface area contributed by atoms with E-state index in [4.69, 9.17) is 10.1 Å². The fourth-order valence-electron chi connectivity index (χ4n) is 2.86. The summed E-state index contributed by atoms with van der Waals surface area (Å²) in [4.78, 5) is 5.58. The van der Waals surface area contributed by atoms with Gasteiger partial charge in [-0.2, -0.15) is 0 Å². The minimum Gasteiger partial charge on any atom is -0.285 e. The highest BCUT2D eigenvalue weighted by Crippen LogP contribution is 2.25. The lowest BCUT2D eigenvalue weighted by atomic mass is 10.1. The van der Waals surface area contributed by atoms with Crippen molar-refractivity contribution in [2.24, 2.45) is 10.1 Å². The van der Waals surface area contributed by atoms with Gasteiger partial charge in [0.25, 0.3) is 0 Å². The highest BCUT2D eigenvalue weighted by Gasteiger charge is 2.11. The summed E-state index contributed by atoms with van der Waals surface area (Å²) >= 11 is 4.99. The maximum atomic E-state index is 11.5. The molecule has 5 nitrogen and oxygen atoms in total. The number of para-hydroxylation sites is 1. The summed E-state index contributed by atoms with van der Waals surface area (Å²) in [7, 11) is -3.73. The largest absolute Gasteiger partial charge is 0.285 e. The van der Waals surface area contributed by atoms with Crippen LogP contribution in [0.1, 0.15) is 0 Å². The third-order valence-corrected chi connectivity index (χ3v) is 6.54. The predicted octanol–water partition coefficient (Wildman–Crippen LogP) is 4.85. The predicted molar refractivity (Wildman–Crippen MR) is 120 cm³/mol. The molecule has 8 heteroatoms. The molecule has 0 unspecified atom stereocenters. The fraction of sp³-hybridized carbons (Fsp3) is 0. The number of hydrogen-bond acceptors (Lipinski definition) is 4. The van der Waals surface area contributed by atoms with Crippen LogP contribution in [0.4, 0.5) is 5.69 Å². The van der Waals surface area contributed by atoms with Gasteiger partial charge in [-0.25, -0.2) is 18.5 Å². The molecule has 0 radical (unpaired) electrons. The van der Waals surface area contributed by atoms with E-state index in [0.29, 0.717) is 5.69 Å². The van der Waals surface area contributed by atoms with Crippen LogP contribution in [0, 0.1) is 0 Å². The molecule has 0 aliphatic heterocycles. The Morgan fingerprint density at radius 1 is 0.897 bits per heavy atom. The highest BCUT2D eigenvalue weighted by molar-refractivity contribution is 9.10. The zero-order valence-corrected chi connectivity index (χ0v) is 18.3. The topological polar surface area (TPSA) is 77.5 Å². The number of nitrogens with two attached hydrogens (primary N) is 1. The van der Waals surface area contributed by atoms with Gasteiger partial charge in [0.2, 0.25) is 10.0 Å². The third-order valence-electron chi connectivity index (χ3n) is 4.25. The number of primary sulfonamides is 1. The van der Waals surface area contributed by atoms with Crippen molar-refractivity contribution in [1.29, 1.82) is 0 Å². The molecule has 0 amide bonds. The van der Waals surface area contributed by atoms with Gasteiger partial charge < -0.3 is 0 Å². The molecule has 0 fully saturated rings. The molecule has 0 atom stereocenters. The quantitative estimate of drug-likeness (QED) is 0.448. The number of halogens is 1. The van der Waals surface area contributed by atoms with E-state index in [1.165, 1.54) is 23.5 Å². The van der Waals surface area contributed by atoms with E-state index in [0.717, 1.165) is 26.2 Å². The Morgan fingerprint density at radius 2 is 1.55 bits per heavy atom. The van der Waals surface area contributed by atoms with Crippen molar-refractivity contribution >= 4 is 43.0 Å². The fourth-order valence-corrected chi connectivity index (χ4v) is 4.56. The van der Waals surface area contributed by atoms with Gasteiger partial charge in [-0.1, -0.05) is 46.3 Å². The van der Waals surface area contributed by atoms with Crippen LogP contribution in [-0.2, 0) is 10.0 Å². The maximum Gasteiger partial charge on any atom is 0.238 e. The van der Waals surface area contributed by atoms with E-state index in [2.05, 4.69) is 38.0 Å². The first-order valence-electron chi connectivity index (χ1n) is 8.61. The summed E-state index contributed by atoms with van der Waals surface area (Å²) in [5, 5.41) is 7.24. The average molecular weight is 486 g/mol. The van der Waals surface area contributed by atoms with Crippen molar-refractivity contribution in [2.45, 2.75) is 4.90 Å². The number of nitrogens with zero attached hydrogens (tertiary/aromatic N) is 2. The molecule has 0 saturated heterocycles. The lowest BCUT2D eigenvalue weighted by molar-refractivity contribution is 0.598. The van der Waals surface area contributed by atoms with Crippen molar-refractivity contribution in [1.82, 2.24) is 4.57 Å². The van der Waals surface area contributed by atoms with Gasteiger partial charge in [0, 0.05) is 15.5 Å². The molecule has 0 bridgehead atoms. The first-order chi connectivity index (χ1) is 13.9. The molecule has 29 heavy (non-hydrogen) atoms. The van der Waals surface area contributed by atoms with E-state index in [-0.39, 0.29) is 4.90 Å². The molecule has 0 saturated carbocycles. The van der Waals surface area contributed by atoms with Crippen LogP contribution in [0.3, 0.4) is 0 Å². The molecule has 4 aromatic rings. The summed E-state index contributed by atoms with van der Waals surface area (Å²) in [6.07, 6.45) is 0. The van der Waals surface area contributed by atoms with Crippen molar-refractivity contribution in [3.05, 3.63) is 93.5 Å². The molecule has 1 heterocycles. The Labute approximate surface area is 181 Å². The summed E-state index contributed by atoms with van der Waals surface area (Å²) in [6, 6.07) is 24.3. The summed E-state index contributed by atoms with van der Waals surface area (Å²) in [6.45, 7) is 0. The van der Waals surface area contributed by atoms with Crippen LogP contribution in [0.25, 0.3) is 16.9 Å². The van der Waals surface area contributed by atoms with Gasteiger partial charge in [-0.05, 0) is 54.1 Å². The molecule has 0 aliphatic rings. The highest BCUT2D eigenvalue weighted by atomic mass is 79.9. The van der Waals surface area contributed by atoms with Gasteiger partial charge in [0.05, 0.1) is 16.3 Å². The van der Waals surface area contributed by atoms with Crippen LogP contribution >= 0.6 is 27.3 Å². The molecule has 0 aliphatic carbocycles. The van der Waals surface area contributed by atoms with Crippen molar-refractivity contribution < 1.29 is 8.42 Å². The van der Waals surface area contributed by atoms with Gasteiger partial charge in [0.15, 0.2) is 4.80 Å². The monoisotopic (exact) mass is 485 g/mol. The van der Waals surface area contributed by atoms with Crippen LogP contribution in [-0.4, -0.2) is 13.0 Å². The van der Waals surface area contributed by atoms with E-state index >= 15 is 0 Å². The number of benzene rings is 3. The average Bonchev–Trinajstić information content (AvgIpc) is 3.12. The molecule has 2 N–H and O–H groups in total. The van der Waals surface area contributed by atoms with Crippen molar-refractivity contribution in [3.63, 3.8) is 0 Å². The van der Waals surface area contributed by atoms with Crippen LogP contribution in [0.5, 0.6) is 0 Å². The van der Waals surface area contributed by atoms with Crippen LogP contribution in [0.2, 0.25) is 0 Å². The zero-order valence-electron chi connectivity index (χ0n) is 15.1. The van der Waals surface area contributed by atoms with Gasteiger partial charge in [-0.15, -0.1) is 11.3 Å². The molecular formula is C21H16BrN3O2S2. The van der Waals surface area contributed by atoms with Crippen LogP contribution < -0.4 is 9.94 Å². The summed E-state index contributed by atoms with van der Waals surface area (Å²) in [5.74, 6) is 0. The Kier molecular flexibility index (Phi) is 5.51. The molecular weight excluding hydrogens is 470 g/mol. The number of thiazole rings is 1. The summed E-state index contributed by atoms with van der Waals surface area (Å²) < 4.78 is 26.0. The van der Waals surface area contributed by atoms with E-state index in [9.17, 15) is 8.42 Å². The summed E-state index contributed by atoms with van der Waals surface area (Å²) in [5.41, 5.74) is 3.73. The Hall–Kier alpha value is -2.52. The van der Waals surface area contributed by atoms with Crippen molar-refractivity contribution in [2.75, 3.05) is 0 Å². The number of aromatic nitrogens is 1.